The molecule has 2 aliphatic rings. The second-order valence-electron chi connectivity index (χ2n) is 5.32. The lowest BCUT2D eigenvalue weighted by molar-refractivity contribution is -0.118. The molecule has 1 heterocycles. The summed E-state index contributed by atoms with van der Waals surface area (Å²) in [6.45, 7) is 0.697. The van der Waals surface area contributed by atoms with Crippen molar-refractivity contribution in [2.24, 2.45) is 5.73 Å². The number of fused-ring (bicyclic) bond motifs is 1. The number of amides is 1. The normalized spacial score (nSPS) is 19.6. The predicted octanol–water partition coefficient (Wildman–Crippen LogP) is 1.83. The topological polar surface area (TPSA) is 64.4 Å². The van der Waals surface area contributed by atoms with Crippen LogP contribution in [-0.4, -0.2) is 18.1 Å². The van der Waals surface area contributed by atoms with Crippen molar-refractivity contribution in [1.82, 2.24) is 0 Å². The van der Waals surface area contributed by atoms with E-state index in [0.717, 1.165) is 42.7 Å². The third-order valence-corrected chi connectivity index (χ3v) is 3.88. The molecule has 0 unspecified atom stereocenters. The molecule has 1 aromatic rings. The Labute approximate surface area is 107 Å². The molecule has 1 saturated carbocycles. The quantitative estimate of drug-likeness (QED) is 0.855. The van der Waals surface area contributed by atoms with E-state index in [1.54, 1.807) is 0 Å². The van der Waals surface area contributed by atoms with Crippen LogP contribution in [0.4, 0.5) is 5.69 Å². The van der Waals surface area contributed by atoms with Gasteiger partial charge >= 0.3 is 0 Å². The largest absolute Gasteiger partial charge is 0.493 e. The van der Waals surface area contributed by atoms with Gasteiger partial charge in [-0.15, -0.1) is 0 Å². The van der Waals surface area contributed by atoms with Gasteiger partial charge in [0.2, 0.25) is 5.91 Å². The van der Waals surface area contributed by atoms with Gasteiger partial charge in [0, 0.05) is 29.6 Å². The van der Waals surface area contributed by atoms with Crippen LogP contribution < -0.4 is 15.8 Å². The molecule has 3 N–H and O–H groups in total. The lowest BCUT2D eigenvalue weighted by atomic mass is 9.75. The molecule has 0 aromatic heterocycles. The van der Waals surface area contributed by atoms with Crippen LogP contribution in [-0.2, 0) is 11.2 Å². The summed E-state index contributed by atoms with van der Waals surface area (Å²) in [4.78, 5) is 12.0. The first kappa shape index (κ1) is 11.5. The number of rotatable bonds is 3. The zero-order valence-electron chi connectivity index (χ0n) is 10.4. The van der Waals surface area contributed by atoms with E-state index in [2.05, 4.69) is 5.32 Å². The smallest absolute Gasteiger partial charge is 0.226 e. The van der Waals surface area contributed by atoms with Gasteiger partial charge in [0.15, 0.2) is 0 Å². The highest BCUT2D eigenvalue weighted by Crippen LogP contribution is 2.34. The zero-order chi connectivity index (χ0) is 12.6. The number of nitrogens with two attached hydrogens (primary N) is 1. The van der Waals surface area contributed by atoms with E-state index in [1.807, 2.05) is 18.2 Å². The minimum absolute atomic E-state index is 0.0116. The third-order valence-electron chi connectivity index (χ3n) is 3.88. The summed E-state index contributed by atoms with van der Waals surface area (Å²) in [5.74, 6) is 0.899. The molecular weight excluding hydrogens is 228 g/mol. The van der Waals surface area contributed by atoms with E-state index < -0.39 is 0 Å². The maximum Gasteiger partial charge on any atom is 0.226 e. The SMILES string of the molecule is NC1(CC(=O)Nc2cccc3c2CCO3)CCC1. The minimum atomic E-state index is -0.265. The van der Waals surface area contributed by atoms with Crippen LogP contribution in [0.15, 0.2) is 18.2 Å². The van der Waals surface area contributed by atoms with Gasteiger partial charge in [0.25, 0.3) is 0 Å². The van der Waals surface area contributed by atoms with Crippen molar-refractivity contribution in [2.45, 2.75) is 37.6 Å². The van der Waals surface area contributed by atoms with E-state index in [1.165, 1.54) is 0 Å². The number of nitrogens with one attached hydrogen (secondary N) is 1. The van der Waals surface area contributed by atoms with Gasteiger partial charge in [-0.3, -0.25) is 4.79 Å². The summed E-state index contributed by atoms with van der Waals surface area (Å²) in [6.07, 6.45) is 4.32. The van der Waals surface area contributed by atoms with Crippen LogP contribution in [0.5, 0.6) is 5.75 Å². The standard InChI is InChI=1S/C14H18N2O2/c15-14(6-2-7-14)9-13(17)16-11-3-1-4-12-10(11)5-8-18-12/h1,3-4H,2,5-9,15H2,(H,16,17). The van der Waals surface area contributed by atoms with Crippen LogP contribution in [0.2, 0.25) is 0 Å². The van der Waals surface area contributed by atoms with Gasteiger partial charge in [-0.2, -0.15) is 0 Å². The number of benzene rings is 1. The second-order valence-corrected chi connectivity index (χ2v) is 5.32. The van der Waals surface area contributed by atoms with Gasteiger partial charge in [-0.1, -0.05) is 6.07 Å². The first-order valence-electron chi connectivity index (χ1n) is 6.50. The molecule has 18 heavy (non-hydrogen) atoms. The van der Waals surface area contributed by atoms with Crippen LogP contribution in [0.1, 0.15) is 31.2 Å². The highest BCUT2D eigenvalue weighted by atomic mass is 16.5. The highest BCUT2D eigenvalue weighted by molar-refractivity contribution is 5.92. The molecule has 0 spiro atoms. The number of anilines is 1. The van der Waals surface area contributed by atoms with Crippen molar-refractivity contribution in [2.75, 3.05) is 11.9 Å². The summed E-state index contributed by atoms with van der Waals surface area (Å²) < 4.78 is 5.48. The summed E-state index contributed by atoms with van der Waals surface area (Å²) in [5.41, 5.74) is 7.79. The molecular formula is C14H18N2O2. The maximum atomic E-state index is 12.0. The highest BCUT2D eigenvalue weighted by Gasteiger charge is 2.34. The average molecular weight is 246 g/mol. The molecule has 4 heteroatoms. The third kappa shape index (κ3) is 2.08. The molecule has 0 bridgehead atoms. The number of hydrogen-bond acceptors (Lipinski definition) is 3. The van der Waals surface area contributed by atoms with E-state index in [-0.39, 0.29) is 11.4 Å². The van der Waals surface area contributed by atoms with Gasteiger partial charge in [-0.05, 0) is 31.4 Å². The van der Waals surface area contributed by atoms with Crippen LogP contribution in [0.3, 0.4) is 0 Å². The lowest BCUT2D eigenvalue weighted by Gasteiger charge is -2.37. The Morgan fingerprint density at radius 1 is 1.44 bits per heavy atom. The molecule has 1 aliphatic carbocycles. The Morgan fingerprint density at radius 2 is 2.28 bits per heavy atom. The van der Waals surface area contributed by atoms with Crippen molar-refractivity contribution in [3.63, 3.8) is 0 Å². The van der Waals surface area contributed by atoms with Gasteiger partial charge in [-0.25, -0.2) is 0 Å². The molecule has 0 atom stereocenters. The summed E-state index contributed by atoms with van der Waals surface area (Å²) >= 11 is 0. The first-order chi connectivity index (χ1) is 8.66. The van der Waals surface area contributed by atoms with Crippen LogP contribution in [0, 0.1) is 0 Å². The monoisotopic (exact) mass is 246 g/mol. The van der Waals surface area contributed by atoms with Gasteiger partial charge < -0.3 is 15.8 Å². The molecule has 0 radical (unpaired) electrons. The molecule has 96 valence electrons. The zero-order valence-corrected chi connectivity index (χ0v) is 10.4. The summed E-state index contributed by atoms with van der Waals surface area (Å²) in [6, 6.07) is 5.77. The van der Waals surface area contributed by atoms with Crippen molar-refractivity contribution >= 4 is 11.6 Å². The first-order valence-corrected chi connectivity index (χ1v) is 6.50. The molecule has 4 nitrogen and oxygen atoms in total. The number of carbonyl (C=O) groups is 1. The van der Waals surface area contributed by atoms with Gasteiger partial charge in [0.1, 0.15) is 5.75 Å². The summed E-state index contributed by atoms with van der Waals surface area (Å²) in [7, 11) is 0. The fourth-order valence-corrected chi connectivity index (χ4v) is 2.66. The average Bonchev–Trinajstić information content (AvgIpc) is 2.76. The Morgan fingerprint density at radius 3 is 3.00 bits per heavy atom. The van der Waals surface area contributed by atoms with Gasteiger partial charge in [0.05, 0.1) is 6.61 Å². The molecule has 1 aromatic carbocycles. The van der Waals surface area contributed by atoms with Crippen molar-refractivity contribution in [1.29, 1.82) is 0 Å². The van der Waals surface area contributed by atoms with Crippen LogP contribution >= 0.6 is 0 Å². The Bertz CT molecular complexity index is 481. The minimum Gasteiger partial charge on any atom is -0.493 e. The summed E-state index contributed by atoms with van der Waals surface area (Å²) in [5, 5.41) is 2.97. The van der Waals surface area contributed by atoms with Crippen molar-refractivity contribution < 1.29 is 9.53 Å². The number of ether oxygens (including phenoxy) is 1. The molecule has 0 saturated heterocycles. The Balaban J connectivity index is 1.69. The van der Waals surface area contributed by atoms with E-state index in [0.29, 0.717) is 13.0 Å². The Hall–Kier alpha value is -1.55. The molecule has 1 amide bonds. The molecule has 1 fully saturated rings. The number of hydrogen-bond donors (Lipinski definition) is 2. The second kappa shape index (κ2) is 4.28. The van der Waals surface area contributed by atoms with E-state index >= 15 is 0 Å². The fourth-order valence-electron chi connectivity index (χ4n) is 2.66. The number of carbonyl (C=O) groups excluding carboxylic acids is 1. The van der Waals surface area contributed by atoms with E-state index in [4.69, 9.17) is 10.5 Å². The lowest BCUT2D eigenvalue weighted by Crippen LogP contribution is -2.48. The molecule has 3 rings (SSSR count). The van der Waals surface area contributed by atoms with Crippen LogP contribution in [0.25, 0.3) is 0 Å². The van der Waals surface area contributed by atoms with Crippen molar-refractivity contribution in [3.8, 4) is 5.75 Å². The Kier molecular flexibility index (Phi) is 2.74. The molecule has 1 aliphatic heterocycles. The fraction of sp³-hybridized carbons (Fsp3) is 0.500. The predicted molar refractivity (Wildman–Crippen MR) is 69.7 cm³/mol. The van der Waals surface area contributed by atoms with E-state index in [9.17, 15) is 4.79 Å². The maximum absolute atomic E-state index is 12.0. The van der Waals surface area contributed by atoms with Crippen molar-refractivity contribution in [3.05, 3.63) is 23.8 Å².